The van der Waals surface area contributed by atoms with Crippen LogP contribution in [0.2, 0.25) is 0 Å². The van der Waals surface area contributed by atoms with Crippen LogP contribution in [0.25, 0.3) is 0 Å². The summed E-state index contributed by atoms with van der Waals surface area (Å²) in [6.45, 7) is 0. The van der Waals surface area contributed by atoms with E-state index in [9.17, 15) is 4.79 Å². The molecule has 0 spiro atoms. The first-order valence-electron chi connectivity index (χ1n) is 3.75. The van der Waals surface area contributed by atoms with Crippen LogP contribution in [0.4, 0.5) is 5.82 Å². The van der Waals surface area contributed by atoms with Gasteiger partial charge in [0.05, 0.1) is 11.6 Å². The average molecular weight is 261 g/mol. The fraction of sp³-hybridized carbons (Fsp3) is 0.250. The first kappa shape index (κ1) is 10.8. The molecule has 1 aromatic rings. The van der Waals surface area contributed by atoms with Gasteiger partial charge in [0.25, 0.3) is 0 Å². The number of rotatable bonds is 3. The minimum atomic E-state index is -1.07. The zero-order valence-electron chi connectivity index (χ0n) is 7.67. The summed E-state index contributed by atoms with van der Waals surface area (Å²) < 4.78 is 5.43. The van der Waals surface area contributed by atoms with Gasteiger partial charge in [0, 0.05) is 7.05 Å². The fourth-order valence-electron chi connectivity index (χ4n) is 0.956. The normalized spacial score (nSPS) is 9.64. The van der Waals surface area contributed by atoms with Crippen molar-refractivity contribution in [2.24, 2.45) is 0 Å². The van der Waals surface area contributed by atoms with E-state index in [1.165, 1.54) is 13.2 Å². The summed E-state index contributed by atoms with van der Waals surface area (Å²) in [5.41, 5.74) is 0.0263. The van der Waals surface area contributed by atoms with Crippen LogP contribution in [0.5, 0.6) is 5.88 Å². The second-order valence-corrected chi connectivity index (χ2v) is 3.29. The van der Waals surface area contributed by atoms with Crippen LogP contribution in [0.1, 0.15) is 10.4 Å². The van der Waals surface area contributed by atoms with Gasteiger partial charge >= 0.3 is 5.97 Å². The SMILES string of the molecule is CNc1nc(OC)c(C(=O)O)cc1Br. The van der Waals surface area contributed by atoms with Crippen molar-refractivity contribution >= 4 is 27.7 Å². The zero-order chi connectivity index (χ0) is 10.7. The molecule has 0 aliphatic rings. The molecule has 0 saturated carbocycles. The number of ether oxygens (including phenoxy) is 1. The highest BCUT2D eigenvalue weighted by Gasteiger charge is 2.15. The molecule has 1 heterocycles. The second kappa shape index (κ2) is 4.28. The van der Waals surface area contributed by atoms with E-state index >= 15 is 0 Å². The molecule has 1 rings (SSSR count). The quantitative estimate of drug-likeness (QED) is 0.864. The van der Waals surface area contributed by atoms with Gasteiger partial charge in [0.1, 0.15) is 11.4 Å². The van der Waals surface area contributed by atoms with Gasteiger partial charge in [-0.05, 0) is 22.0 Å². The zero-order valence-corrected chi connectivity index (χ0v) is 9.25. The third-order valence-electron chi connectivity index (χ3n) is 1.60. The highest BCUT2D eigenvalue weighted by Crippen LogP contribution is 2.26. The van der Waals surface area contributed by atoms with E-state index in [2.05, 4.69) is 26.2 Å². The number of halogens is 1. The van der Waals surface area contributed by atoms with Crippen LogP contribution in [0.15, 0.2) is 10.5 Å². The van der Waals surface area contributed by atoms with E-state index < -0.39 is 5.97 Å². The predicted octanol–water partition coefficient (Wildman–Crippen LogP) is 1.59. The fourth-order valence-corrected chi connectivity index (χ4v) is 1.47. The highest BCUT2D eigenvalue weighted by atomic mass is 79.9. The Bertz CT molecular complexity index is 368. The first-order valence-corrected chi connectivity index (χ1v) is 4.55. The lowest BCUT2D eigenvalue weighted by atomic mass is 10.2. The summed E-state index contributed by atoms with van der Waals surface area (Å²) in [6, 6.07) is 1.44. The molecule has 0 aromatic carbocycles. The average Bonchev–Trinajstić information content (AvgIpc) is 2.17. The van der Waals surface area contributed by atoms with Gasteiger partial charge in [-0.2, -0.15) is 4.98 Å². The van der Waals surface area contributed by atoms with Crippen molar-refractivity contribution in [1.82, 2.24) is 4.98 Å². The smallest absolute Gasteiger partial charge is 0.341 e. The maximum atomic E-state index is 10.8. The van der Waals surface area contributed by atoms with Crippen molar-refractivity contribution in [1.29, 1.82) is 0 Å². The lowest BCUT2D eigenvalue weighted by molar-refractivity contribution is 0.0692. The van der Waals surface area contributed by atoms with Gasteiger partial charge in [0.2, 0.25) is 5.88 Å². The number of methoxy groups -OCH3 is 1. The van der Waals surface area contributed by atoms with Crippen LogP contribution in [-0.2, 0) is 0 Å². The summed E-state index contributed by atoms with van der Waals surface area (Å²) >= 11 is 3.20. The molecule has 0 fully saturated rings. The topological polar surface area (TPSA) is 71.5 Å². The lowest BCUT2D eigenvalue weighted by Gasteiger charge is -2.08. The highest BCUT2D eigenvalue weighted by molar-refractivity contribution is 9.10. The van der Waals surface area contributed by atoms with Crippen molar-refractivity contribution in [2.45, 2.75) is 0 Å². The second-order valence-electron chi connectivity index (χ2n) is 2.43. The number of nitrogens with zero attached hydrogens (tertiary/aromatic N) is 1. The Morgan fingerprint density at radius 2 is 2.36 bits per heavy atom. The standard InChI is InChI=1S/C8H9BrN2O3/c1-10-6-5(9)3-4(8(12)13)7(11-6)14-2/h3H,1-2H3,(H,10,11)(H,12,13). The molecule has 0 unspecified atom stereocenters. The predicted molar refractivity (Wildman–Crippen MR) is 55.0 cm³/mol. The van der Waals surface area contributed by atoms with E-state index in [0.29, 0.717) is 10.3 Å². The Balaban J connectivity index is 3.31. The Kier molecular flexibility index (Phi) is 3.29. The number of carboxylic acids is 1. The number of hydrogen-bond acceptors (Lipinski definition) is 4. The monoisotopic (exact) mass is 260 g/mol. The van der Waals surface area contributed by atoms with Gasteiger partial charge in [-0.3, -0.25) is 0 Å². The van der Waals surface area contributed by atoms with Crippen molar-refractivity contribution in [3.8, 4) is 5.88 Å². The summed E-state index contributed by atoms with van der Waals surface area (Å²) in [5, 5.41) is 11.6. The van der Waals surface area contributed by atoms with E-state index in [1.54, 1.807) is 7.05 Å². The van der Waals surface area contributed by atoms with Crippen LogP contribution in [0, 0.1) is 0 Å². The molecule has 2 N–H and O–H groups in total. The Morgan fingerprint density at radius 3 is 2.79 bits per heavy atom. The molecule has 0 aliphatic heterocycles. The van der Waals surface area contributed by atoms with Crippen molar-refractivity contribution in [3.05, 3.63) is 16.1 Å². The molecule has 0 radical (unpaired) electrons. The lowest BCUT2D eigenvalue weighted by Crippen LogP contribution is -2.05. The van der Waals surface area contributed by atoms with Gasteiger partial charge in [-0.1, -0.05) is 0 Å². The molecule has 0 aliphatic carbocycles. The molecule has 14 heavy (non-hydrogen) atoms. The number of pyridine rings is 1. The first-order chi connectivity index (χ1) is 6.60. The molecule has 6 heteroatoms. The summed E-state index contributed by atoms with van der Waals surface area (Å²) in [6.07, 6.45) is 0. The van der Waals surface area contributed by atoms with E-state index in [0.717, 1.165) is 0 Å². The summed E-state index contributed by atoms with van der Waals surface area (Å²) in [5.74, 6) is -0.449. The van der Waals surface area contributed by atoms with Gasteiger partial charge < -0.3 is 15.2 Å². The number of hydrogen-bond donors (Lipinski definition) is 2. The van der Waals surface area contributed by atoms with Crippen LogP contribution < -0.4 is 10.1 Å². The molecule has 0 atom stereocenters. The maximum Gasteiger partial charge on any atom is 0.341 e. The number of aromatic nitrogens is 1. The minimum Gasteiger partial charge on any atom is -0.480 e. The molecule has 0 saturated heterocycles. The Hall–Kier alpha value is -1.30. The van der Waals surface area contributed by atoms with Gasteiger partial charge in [-0.25, -0.2) is 4.79 Å². The van der Waals surface area contributed by atoms with E-state index in [4.69, 9.17) is 9.84 Å². The minimum absolute atomic E-state index is 0.0263. The molecule has 5 nitrogen and oxygen atoms in total. The van der Waals surface area contributed by atoms with Gasteiger partial charge in [-0.15, -0.1) is 0 Å². The maximum absolute atomic E-state index is 10.8. The van der Waals surface area contributed by atoms with Crippen molar-refractivity contribution in [2.75, 3.05) is 19.5 Å². The Morgan fingerprint density at radius 1 is 1.71 bits per heavy atom. The molecule has 0 bridgehead atoms. The molecule has 1 aromatic heterocycles. The molecular weight excluding hydrogens is 252 g/mol. The third kappa shape index (κ3) is 1.95. The number of carboxylic acid groups (broad SMARTS) is 1. The van der Waals surface area contributed by atoms with Crippen LogP contribution in [-0.4, -0.2) is 30.2 Å². The number of anilines is 1. The molecular formula is C8H9BrN2O3. The van der Waals surface area contributed by atoms with Crippen LogP contribution >= 0.6 is 15.9 Å². The van der Waals surface area contributed by atoms with Gasteiger partial charge in [0.15, 0.2) is 0 Å². The molecule has 76 valence electrons. The largest absolute Gasteiger partial charge is 0.480 e. The summed E-state index contributed by atoms with van der Waals surface area (Å²) in [7, 11) is 3.06. The summed E-state index contributed by atoms with van der Waals surface area (Å²) in [4.78, 5) is 14.7. The Labute approximate surface area is 89.2 Å². The van der Waals surface area contributed by atoms with E-state index in [-0.39, 0.29) is 11.4 Å². The van der Waals surface area contributed by atoms with Crippen molar-refractivity contribution in [3.63, 3.8) is 0 Å². The van der Waals surface area contributed by atoms with Crippen molar-refractivity contribution < 1.29 is 14.6 Å². The number of carbonyl (C=O) groups is 1. The number of nitrogens with one attached hydrogen (secondary N) is 1. The van der Waals surface area contributed by atoms with E-state index in [1.807, 2.05) is 0 Å². The van der Waals surface area contributed by atoms with Crippen LogP contribution in [0.3, 0.4) is 0 Å². The number of aromatic carboxylic acids is 1. The molecule has 0 amide bonds. The third-order valence-corrected chi connectivity index (χ3v) is 2.21.